The summed E-state index contributed by atoms with van der Waals surface area (Å²) in [5.74, 6) is 0.100. The van der Waals surface area contributed by atoms with E-state index in [1.54, 1.807) is 0 Å². The van der Waals surface area contributed by atoms with Gasteiger partial charge in [0.25, 0.3) is 0 Å². The van der Waals surface area contributed by atoms with Crippen LogP contribution in [0.15, 0.2) is 16.3 Å². The van der Waals surface area contributed by atoms with Crippen LogP contribution < -0.4 is 0 Å². The van der Waals surface area contributed by atoms with Crippen molar-refractivity contribution in [1.82, 2.24) is 0 Å². The zero-order valence-electron chi connectivity index (χ0n) is 10.6. The van der Waals surface area contributed by atoms with Crippen molar-refractivity contribution in [2.45, 2.75) is 52.0 Å². The SMILES string of the molecule is CC/C(O)=C1\C(=O)CCCC1=NC(CC)CO. The van der Waals surface area contributed by atoms with Gasteiger partial charge in [-0.3, -0.25) is 9.79 Å². The quantitative estimate of drug-likeness (QED) is 0.583. The number of carbonyl (C=O) groups excluding carboxylic acids is 1. The summed E-state index contributed by atoms with van der Waals surface area (Å²) >= 11 is 0. The summed E-state index contributed by atoms with van der Waals surface area (Å²) in [5, 5.41) is 18.9. The Morgan fingerprint density at radius 1 is 1.41 bits per heavy atom. The average molecular weight is 239 g/mol. The molecule has 0 heterocycles. The fraction of sp³-hybridized carbons (Fsp3) is 0.692. The van der Waals surface area contributed by atoms with Crippen molar-refractivity contribution in [2.75, 3.05) is 6.61 Å². The van der Waals surface area contributed by atoms with Crippen LogP contribution in [-0.4, -0.2) is 34.4 Å². The maximum Gasteiger partial charge on any atom is 0.168 e. The Balaban J connectivity index is 3.06. The normalized spacial score (nSPS) is 23.9. The number of ketones is 1. The van der Waals surface area contributed by atoms with Crippen molar-refractivity contribution in [3.8, 4) is 0 Å². The van der Waals surface area contributed by atoms with E-state index in [0.29, 0.717) is 30.5 Å². The van der Waals surface area contributed by atoms with Crippen molar-refractivity contribution in [3.63, 3.8) is 0 Å². The fourth-order valence-electron chi connectivity index (χ4n) is 1.94. The Hall–Kier alpha value is -1.16. The van der Waals surface area contributed by atoms with Gasteiger partial charge in [0.2, 0.25) is 0 Å². The van der Waals surface area contributed by atoms with Crippen LogP contribution in [0.1, 0.15) is 46.0 Å². The topological polar surface area (TPSA) is 69.9 Å². The smallest absolute Gasteiger partial charge is 0.168 e. The first kappa shape index (κ1) is 13.9. The van der Waals surface area contributed by atoms with Crippen LogP contribution >= 0.6 is 0 Å². The van der Waals surface area contributed by atoms with E-state index in [4.69, 9.17) is 5.11 Å². The first-order chi connectivity index (χ1) is 8.13. The lowest BCUT2D eigenvalue weighted by Crippen LogP contribution is -2.24. The molecule has 0 aromatic heterocycles. The molecule has 0 aliphatic heterocycles. The molecule has 1 fully saturated rings. The number of aliphatic hydroxyl groups excluding tert-OH is 2. The van der Waals surface area contributed by atoms with Crippen molar-refractivity contribution < 1.29 is 15.0 Å². The highest BCUT2D eigenvalue weighted by atomic mass is 16.3. The molecule has 0 radical (unpaired) electrons. The third-order valence-electron chi connectivity index (χ3n) is 3.03. The maximum atomic E-state index is 11.8. The number of nitrogens with zero attached hydrogens (tertiary/aromatic N) is 1. The van der Waals surface area contributed by atoms with Crippen molar-refractivity contribution in [3.05, 3.63) is 11.3 Å². The van der Waals surface area contributed by atoms with Gasteiger partial charge >= 0.3 is 0 Å². The van der Waals surface area contributed by atoms with Gasteiger partial charge in [0.05, 0.1) is 18.2 Å². The van der Waals surface area contributed by atoms with Gasteiger partial charge in [-0.25, -0.2) is 0 Å². The lowest BCUT2D eigenvalue weighted by atomic mass is 9.89. The van der Waals surface area contributed by atoms with Crippen molar-refractivity contribution in [2.24, 2.45) is 4.99 Å². The molecular weight excluding hydrogens is 218 g/mol. The molecule has 1 saturated carbocycles. The number of carbonyl (C=O) groups is 1. The second-order valence-corrected chi connectivity index (χ2v) is 4.27. The lowest BCUT2D eigenvalue weighted by molar-refractivity contribution is -0.115. The standard InChI is InChI=1S/C13H21NO3/c1-3-9(8-15)14-10-6-5-7-12(17)13(10)11(16)4-2/h9,15-16H,3-8H2,1-2H3/b13-11+,14-10?. The molecule has 2 N–H and O–H groups in total. The first-order valence-electron chi connectivity index (χ1n) is 6.27. The van der Waals surface area contributed by atoms with E-state index in [2.05, 4.69) is 4.99 Å². The summed E-state index contributed by atoms with van der Waals surface area (Å²) in [6.07, 6.45) is 3.14. The van der Waals surface area contributed by atoms with Gasteiger partial charge in [-0.15, -0.1) is 0 Å². The molecule has 0 aromatic carbocycles. The third-order valence-corrected chi connectivity index (χ3v) is 3.03. The van der Waals surface area contributed by atoms with Crippen LogP contribution in [0.3, 0.4) is 0 Å². The van der Waals surface area contributed by atoms with Gasteiger partial charge < -0.3 is 10.2 Å². The molecule has 1 rings (SSSR count). The summed E-state index contributed by atoms with van der Waals surface area (Å²) in [4.78, 5) is 16.2. The minimum absolute atomic E-state index is 0.0195. The highest BCUT2D eigenvalue weighted by Gasteiger charge is 2.25. The Morgan fingerprint density at radius 2 is 2.12 bits per heavy atom. The van der Waals surface area contributed by atoms with Gasteiger partial charge in [0.15, 0.2) is 5.78 Å². The zero-order valence-corrected chi connectivity index (χ0v) is 10.6. The van der Waals surface area contributed by atoms with E-state index in [0.717, 1.165) is 12.8 Å². The number of allylic oxidation sites excluding steroid dienone is 2. The number of Topliss-reactive ketones (excluding diaryl/α,β-unsaturated/α-hetero) is 1. The third kappa shape index (κ3) is 3.40. The molecule has 4 nitrogen and oxygen atoms in total. The Bertz CT molecular complexity index is 341. The van der Waals surface area contributed by atoms with Crippen LogP contribution in [0, 0.1) is 0 Å². The average Bonchev–Trinajstić information content (AvgIpc) is 2.35. The molecule has 4 heteroatoms. The van der Waals surface area contributed by atoms with Gasteiger partial charge in [-0.2, -0.15) is 0 Å². The van der Waals surface area contributed by atoms with Gasteiger partial charge in [-0.1, -0.05) is 13.8 Å². The van der Waals surface area contributed by atoms with Gasteiger partial charge in [-0.05, 0) is 19.3 Å². The molecular formula is C13H21NO3. The Kier molecular flexibility index (Phi) is 5.35. The molecule has 0 bridgehead atoms. The number of hydrogen-bond donors (Lipinski definition) is 2. The summed E-state index contributed by atoms with van der Waals surface area (Å²) in [7, 11) is 0. The number of aliphatic hydroxyl groups is 2. The predicted octanol–water partition coefficient (Wildman–Crippen LogP) is 2.17. The highest BCUT2D eigenvalue weighted by molar-refractivity contribution is 6.24. The summed E-state index contributed by atoms with van der Waals surface area (Å²) in [6, 6.07) is -0.171. The first-order valence-corrected chi connectivity index (χ1v) is 6.27. The molecule has 0 spiro atoms. The molecule has 0 amide bonds. The molecule has 17 heavy (non-hydrogen) atoms. The second-order valence-electron chi connectivity index (χ2n) is 4.27. The Labute approximate surface area is 102 Å². The number of aliphatic imine (C=N–C) groups is 1. The molecule has 1 atom stereocenters. The van der Waals surface area contributed by atoms with E-state index >= 15 is 0 Å². The van der Waals surface area contributed by atoms with E-state index in [1.165, 1.54) is 0 Å². The number of hydrogen-bond acceptors (Lipinski definition) is 4. The van der Waals surface area contributed by atoms with Crippen LogP contribution in [0.2, 0.25) is 0 Å². The van der Waals surface area contributed by atoms with E-state index < -0.39 is 0 Å². The van der Waals surface area contributed by atoms with Crippen LogP contribution in [0.4, 0.5) is 0 Å². The van der Waals surface area contributed by atoms with Gasteiger partial charge in [0.1, 0.15) is 5.76 Å². The van der Waals surface area contributed by atoms with E-state index in [-0.39, 0.29) is 24.2 Å². The van der Waals surface area contributed by atoms with Crippen molar-refractivity contribution >= 4 is 11.5 Å². The maximum absolute atomic E-state index is 11.8. The van der Waals surface area contributed by atoms with Crippen LogP contribution in [0.5, 0.6) is 0 Å². The minimum Gasteiger partial charge on any atom is -0.512 e. The summed E-state index contributed by atoms with van der Waals surface area (Å²) in [6.45, 7) is 3.73. The van der Waals surface area contributed by atoms with Crippen molar-refractivity contribution in [1.29, 1.82) is 0 Å². The monoisotopic (exact) mass is 239 g/mol. The van der Waals surface area contributed by atoms with Crippen LogP contribution in [-0.2, 0) is 4.79 Å². The molecule has 0 saturated heterocycles. The largest absolute Gasteiger partial charge is 0.512 e. The fourth-order valence-corrected chi connectivity index (χ4v) is 1.94. The molecule has 0 aromatic rings. The second kappa shape index (κ2) is 6.55. The Morgan fingerprint density at radius 3 is 2.65 bits per heavy atom. The summed E-state index contributed by atoms with van der Waals surface area (Å²) < 4.78 is 0. The molecule has 1 unspecified atom stereocenters. The number of rotatable bonds is 4. The minimum atomic E-state index is -0.171. The van der Waals surface area contributed by atoms with E-state index in [9.17, 15) is 9.90 Å². The molecule has 96 valence electrons. The highest BCUT2D eigenvalue weighted by Crippen LogP contribution is 2.22. The predicted molar refractivity (Wildman–Crippen MR) is 67.4 cm³/mol. The molecule has 1 aliphatic carbocycles. The summed E-state index contributed by atoms with van der Waals surface area (Å²) in [5.41, 5.74) is 1.06. The zero-order chi connectivity index (χ0) is 12.8. The lowest BCUT2D eigenvalue weighted by Gasteiger charge is -2.19. The molecule has 1 aliphatic rings. The van der Waals surface area contributed by atoms with Gasteiger partial charge in [0, 0.05) is 18.6 Å². The van der Waals surface area contributed by atoms with E-state index in [1.807, 2.05) is 13.8 Å². The van der Waals surface area contributed by atoms with Crippen LogP contribution in [0.25, 0.3) is 0 Å².